The molecule has 104 valence electrons. The topological polar surface area (TPSA) is 48.0 Å². The Kier molecular flexibility index (Phi) is 5.38. The molecular formula is C14H19NO4. The molecule has 0 bridgehead atoms. The first-order chi connectivity index (χ1) is 9.08. The number of rotatable bonds is 6. The van der Waals surface area contributed by atoms with Crippen LogP contribution in [0.5, 0.6) is 11.5 Å². The fraction of sp³-hybridized carbons (Fsp3) is 0.357. The summed E-state index contributed by atoms with van der Waals surface area (Å²) in [7, 11) is 6.08. The Morgan fingerprint density at radius 2 is 2.00 bits per heavy atom. The quantitative estimate of drug-likeness (QED) is 0.583. The maximum Gasteiger partial charge on any atom is 0.277 e. The summed E-state index contributed by atoms with van der Waals surface area (Å²) >= 11 is 0. The highest BCUT2D eigenvalue weighted by molar-refractivity contribution is 5.94. The van der Waals surface area contributed by atoms with Gasteiger partial charge < -0.3 is 9.47 Å². The molecule has 0 aliphatic heterocycles. The van der Waals surface area contributed by atoms with Crippen molar-refractivity contribution in [3.8, 4) is 11.5 Å². The van der Waals surface area contributed by atoms with Crippen molar-refractivity contribution in [2.75, 3.05) is 28.4 Å². The Hall–Kier alpha value is -2.01. The van der Waals surface area contributed by atoms with E-state index in [1.165, 1.54) is 14.2 Å². The van der Waals surface area contributed by atoms with Crippen molar-refractivity contribution >= 4 is 5.91 Å². The van der Waals surface area contributed by atoms with E-state index in [-0.39, 0.29) is 5.91 Å². The summed E-state index contributed by atoms with van der Waals surface area (Å²) in [5.41, 5.74) is 1.31. The molecule has 0 N–H and O–H groups in total. The van der Waals surface area contributed by atoms with Gasteiger partial charge in [0.25, 0.3) is 5.91 Å². The highest BCUT2D eigenvalue weighted by atomic mass is 16.7. The summed E-state index contributed by atoms with van der Waals surface area (Å²) in [6.45, 7) is 3.70. The third-order valence-corrected chi connectivity index (χ3v) is 2.73. The Morgan fingerprint density at radius 3 is 2.47 bits per heavy atom. The molecule has 0 fully saturated rings. The van der Waals surface area contributed by atoms with Crippen LogP contribution in [-0.4, -0.2) is 39.3 Å². The summed E-state index contributed by atoms with van der Waals surface area (Å²) in [4.78, 5) is 17.0. The number of ether oxygens (including phenoxy) is 2. The van der Waals surface area contributed by atoms with E-state index in [1.54, 1.807) is 32.4 Å². The van der Waals surface area contributed by atoms with E-state index in [9.17, 15) is 4.79 Å². The molecule has 1 amide bonds. The minimum Gasteiger partial charge on any atom is -0.493 e. The van der Waals surface area contributed by atoms with Crippen LogP contribution in [0.2, 0.25) is 0 Å². The molecule has 0 spiro atoms. The van der Waals surface area contributed by atoms with Gasteiger partial charge in [-0.3, -0.25) is 9.63 Å². The molecule has 0 atom stereocenters. The van der Waals surface area contributed by atoms with E-state index >= 15 is 0 Å². The number of hydroxylamine groups is 2. The first kappa shape index (κ1) is 15.0. The second-order valence-corrected chi connectivity index (χ2v) is 3.85. The van der Waals surface area contributed by atoms with Gasteiger partial charge in [0.05, 0.1) is 21.3 Å². The molecular weight excluding hydrogens is 246 g/mol. The van der Waals surface area contributed by atoms with Gasteiger partial charge in [0, 0.05) is 18.2 Å². The van der Waals surface area contributed by atoms with Gasteiger partial charge in [-0.25, -0.2) is 5.06 Å². The molecule has 0 radical (unpaired) electrons. The second-order valence-electron chi connectivity index (χ2n) is 3.85. The normalized spacial score (nSPS) is 9.89. The number of hydrogen-bond acceptors (Lipinski definition) is 4. The van der Waals surface area contributed by atoms with Crippen molar-refractivity contribution in [3.05, 3.63) is 35.9 Å². The lowest BCUT2D eigenvalue weighted by molar-refractivity contribution is -0.0757. The van der Waals surface area contributed by atoms with Crippen LogP contribution < -0.4 is 9.47 Å². The summed E-state index contributed by atoms with van der Waals surface area (Å²) < 4.78 is 10.6. The van der Waals surface area contributed by atoms with E-state index in [4.69, 9.17) is 14.3 Å². The first-order valence-corrected chi connectivity index (χ1v) is 5.77. The molecule has 19 heavy (non-hydrogen) atoms. The molecule has 1 rings (SSSR count). The van der Waals surface area contributed by atoms with Crippen LogP contribution in [0.1, 0.15) is 15.9 Å². The molecule has 0 heterocycles. The number of carbonyl (C=O) groups excluding carboxylic acids is 1. The van der Waals surface area contributed by atoms with Crippen LogP contribution in [-0.2, 0) is 11.3 Å². The SMILES string of the molecule is C=CCc1cc(C(=O)N(C)OC)cc(OC)c1OC. The minimum atomic E-state index is -0.256. The molecule has 0 aliphatic carbocycles. The van der Waals surface area contributed by atoms with Crippen LogP contribution in [0.15, 0.2) is 24.8 Å². The molecule has 0 aliphatic rings. The molecule has 0 unspecified atom stereocenters. The molecule has 5 heteroatoms. The van der Waals surface area contributed by atoms with E-state index in [1.807, 2.05) is 0 Å². The van der Waals surface area contributed by atoms with Crippen LogP contribution in [0.3, 0.4) is 0 Å². The summed E-state index contributed by atoms with van der Waals surface area (Å²) in [6.07, 6.45) is 2.32. The molecule has 0 saturated carbocycles. The van der Waals surface area contributed by atoms with Crippen molar-refractivity contribution in [2.45, 2.75) is 6.42 Å². The number of hydrogen-bond donors (Lipinski definition) is 0. The predicted molar refractivity (Wildman–Crippen MR) is 72.5 cm³/mol. The molecule has 1 aromatic carbocycles. The highest BCUT2D eigenvalue weighted by Crippen LogP contribution is 2.33. The van der Waals surface area contributed by atoms with Gasteiger partial charge in [-0.15, -0.1) is 6.58 Å². The van der Waals surface area contributed by atoms with Gasteiger partial charge in [0.1, 0.15) is 0 Å². The number of allylic oxidation sites excluding steroid dienone is 1. The maximum absolute atomic E-state index is 12.1. The largest absolute Gasteiger partial charge is 0.493 e. The zero-order valence-electron chi connectivity index (χ0n) is 11.7. The van der Waals surface area contributed by atoms with Crippen molar-refractivity contribution in [2.24, 2.45) is 0 Å². The van der Waals surface area contributed by atoms with E-state index in [0.29, 0.717) is 23.5 Å². The second kappa shape index (κ2) is 6.80. The van der Waals surface area contributed by atoms with Crippen molar-refractivity contribution in [1.29, 1.82) is 0 Å². The fourth-order valence-corrected chi connectivity index (χ4v) is 1.74. The lowest BCUT2D eigenvalue weighted by atomic mass is 10.0. The Morgan fingerprint density at radius 1 is 1.32 bits per heavy atom. The maximum atomic E-state index is 12.1. The third kappa shape index (κ3) is 3.26. The van der Waals surface area contributed by atoms with Gasteiger partial charge in [0.15, 0.2) is 11.5 Å². The van der Waals surface area contributed by atoms with E-state index < -0.39 is 0 Å². The highest BCUT2D eigenvalue weighted by Gasteiger charge is 2.18. The van der Waals surface area contributed by atoms with Crippen LogP contribution in [0.25, 0.3) is 0 Å². The van der Waals surface area contributed by atoms with Crippen molar-refractivity contribution in [1.82, 2.24) is 5.06 Å². The minimum absolute atomic E-state index is 0.256. The zero-order valence-corrected chi connectivity index (χ0v) is 11.7. The molecule has 0 aromatic heterocycles. The zero-order chi connectivity index (χ0) is 14.4. The Labute approximate surface area is 113 Å². The smallest absolute Gasteiger partial charge is 0.277 e. The number of benzene rings is 1. The van der Waals surface area contributed by atoms with Gasteiger partial charge in [0.2, 0.25) is 0 Å². The average molecular weight is 265 g/mol. The summed E-state index contributed by atoms with van der Waals surface area (Å²) in [5.74, 6) is 0.863. The summed E-state index contributed by atoms with van der Waals surface area (Å²) in [6, 6.07) is 3.38. The van der Waals surface area contributed by atoms with Crippen LogP contribution in [0.4, 0.5) is 0 Å². The van der Waals surface area contributed by atoms with Gasteiger partial charge in [-0.1, -0.05) is 6.08 Å². The standard InChI is InChI=1S/C14H19NO4/c1-6-7-10-8-11(14(16)15(2)19-5)9-12(17-3)13(10)18-4/h6,8-9H,1,7H2,2-5H3. The lowest BCUT2D eigenvalue weighted by Gasteiger charge is -2.17. The molecule has 1 aromatic rings. The Balaban J connectivity index is 3.31. The number of amides is 1. The first-order valence-electron chi connectivity index (χ1n) is 5.77. The van der Waals surface area contributed by atoms with Crippen LogP contribution >= 0.6 is 0 Å². The third-order valence-electron chi connectivity index (χ3n) is 2.73. The van der Waals surface area contributed by atoms with E-state index in [0.717, 1.165) is 10.6 Å². The van der Waals surface area contributed by atoms with Gasteiger partial charge in [-0.05, 0) is 18.6 Å². The van der Waals surface area contributed by atoms with Crippen LogP contribution in [0, 0.1) is 0 Å². The van der Waals surface area contributed by atoms with E-state index in [2.05, 4.69) is 6.58 Å². The van der Waals surface area contributed by atoms with Gasteiger partial charge >= 0.3 is 0 Å². The molecule has 0 saturated heterocycles. The molecule has 5 nitrogen and oxygen atoms in total. The number of nitrogens with zero attached hydrogens (tertiary/aromatic N) is 1. The average Bonchev–Trinajstić information content (AvgIpc) is 2.44. The Bertz CT molecular complexity index is 471. The number of carbonyl (C=O) groups is 1. The monoisotopic (exact) mass is 265 g/mol. The predicted octanol–water partition coefficient (Wildman–Crippen LogP) is 2.07. The fourth-order valence-electron chi connectivity index (χ4n) is 1.74. The van der Waals surface area contributed by atoms with Gasteiger partial charge in [-0.2, -0.15) is 0 Å². The number of methoxy groups -OCH3 is 2. The van der Waals surface area contributed by atoms with Crippen molar-refractivity contribution < 1.29 is 19.1 Å². The lowest BCUT2D eigenvalue weighted by Crippen LogP contribution is -2.25. The summed E-state index contributed by atoms with van der Waals surface area (Å²) in [5, 5.41) is 1.15. The van der Waals surface area contributed by atoms with Crippen molar-refractivity contribution in [3.63, 3.8) is 0 Å².